The molecule has 3 rings (SSSR count). The summed E-state index contributed by atoms with van der Waals surface area (Å²) in [5.74, 6) is 0.569. The second kappa shape index (κ2) is 6.10. The van der Waals surface area contributed by atoms with Gasteiger partial charge < -0.3 is 4.74 Å². The van der Waals surface area contributed by atoms with Crippen LogP contribution in [0, 0.1) is 5.92 Å². The first-order valence-electron chi connectivity index (χ1n) is 7.34. The Morgan fingerprint density at radius 3 is 2.57 bits per heavy atom. The monoisotopic (exact) mass is 280 g/mol. The normalized spacial score (nSPS) is 11.4. The predicted octanol–water partition coefficient (Wildman–Crippen LogP) is 4.20. The number of hydrogen-bond donors (Lipinski definition) is 0. The fourth-order valence-corrected chi connectivity index (χ4v) is 2.32. The lowest BCUT2D eigenvalue weighted by atomic mass is 10.2. The maximum Gasteiger partial charge on any atom is 0.0741 e. The molecule has 0 radical (unpaired) electrons. The van der Waals surface area contributed by atoms with Crippen molar-refractivity contribution in [3.05, 3.63) is 60.3 Å². The Bertz CT molecular complexity index is 713. The number of ether oxygens (including phenoxy) is 1. The van der Waals surface area contributed by atoms with Crippen LogP contribution in [0.2, 0.25) is 0 Å². The van der Waals surface area contributed by atoms with Gasteiger partial charge in [-0.3, -0.25) is 0 Å². The summed E-state index contributed by atoms with van der Waals surface area (Å²) in [4.78, 5) is 0. The highest BCUT2D eigenvalue weighted by Gasteiger charge is 2.04. The minimum Gasteiger partial charge on any atom is -0.377 e. The first kappa shape index (κ1) is 13.8. The van der Waals surface area contributed by atoms with Gasteiger partial charge in [-0.25, -0.2) is 4.68 Å². The Morgan fingerprint density at radius 2 is 1.81 bits per heavy atom. The van der Waals surface area contributed by atoms with E-state index in [0.29, 0.717) is 12.5 Å². The van der Waals surface area contributed by atoms with Crippen LogP contribution in [0.4, 0.5) is 0 Å². The summed E-state index contributed by atoms with van der Waals surface area (Å²) < 4.78 is 7.63. The molecule has 0 aliphatic rings. The summed E-state index contributed by atoms with van der Waals surface area (Å²) in [7, 11) is 0. The highest BCUT2D eigenvalue weighted by Crippen LogP contribution is 2.18. The smallest absolute Gasteiger partial charge is 0.0741 e. The van der Waals surface area contributed by atoms with Crippen LogP contribution >= 0.6 is 0 Å². The molecule has 0 aliphatic carbocycles. The van der Waals surface area contributed by atoms with Gasteiger partial charge in [-0.1, -0.05) is 44.2 Å². The van der Waals surface area contributed by atoms with Crippen molar-refractivity contribution in [2.45, 2.75) is 20.5 Å². The molecule has 21 heavy (non-hydrogen) atoms. The molecule has 0 saturated heterocycles. The molecular weight excluding hydrogens is 260 g/mol. The number of benzene rings is 2. The molecule has 3 nitrogen and oxygen atoms in total. The molecule has 0 N–H and O–H groups in total. The minimum absolute atomic E-state index is 0.569. The summed E-state index contributed by atoms with van der Waals surface area (Å²) in [6.07, 6.45) is 1.90. The number of fused-ring (bicyclic) bond motifs is 1. The zero-order chi connectivity index (χ0) is 14.7. The molecule has 0 atom stereocenters. The van der Waals surface area contributed by atoms with E-state index in [4.69, 9.17) is 4.74 Å². The lowest BCUT2D eigenvalue weighted by Crippen LogP contribution is -2.02. The average Bonchev–Trinajstić information content (AvgIpc) is 2.92. The number of aromatic nitrogens is 2. The lowest BCUT2D eigenvalue weighted by molar-refractivity contribution is 0.0971. The fraction of sp³-hybridized carbons (Fsp3) is 0.278. The molecular formula is C18H20N2O. The Kier molecular flexibility index (Phi) is 4.02. The molecule has 0 unspecified atom stereocenters. The van der Waals surface area contributed by atoms with Crippen LogP contribution in [-0.4, -0.2) is 16.4 Å². The van der Waals surface area contributed by atoms with E-state index in [-0.39, 0.29) is 0 Å². The second-order valence-corrected chi connectivity index (χ2v) is 5.69. The van der Waals surface area contributed by atoms with E-state index in [0.717, 1.165) is 23.2 Å². The summed E-state index contributed by atoms with van der Waals surface area (Å²) in [6, 6.07) is 16.6. The summed E-state index contributed by atoms with van der Waals surface area (Å²) >= 11 is 0. The molecule has 1 heterocycles. The van der Waals surface area contributed by atoms with Crippen molar-refractivity contribution in [2.24, 2.45) is 5.92 Å². The topological polar surface area (TPSA) is 27.1 Å². The van der Waals surface area contributed by atoms with E-state index in [2.05, 4.69) is 55.3 Å². The third-order valence-electron chi connectivity index (χ3n) is 3.38. The van der Waals surface area contributed by atoms with Crippen LogP contribution < -0.4 is 0 Å². The average molecular weight is 280 g/mol. The van der Waals surface area contributed by atoms with E-state index in [1.165, 1.54) is 5.56 Å². The molecule has 0 fully saturated rings. The Hall–Kier alpha value is -2.13. The van der Waals surface area contributed by atoms with Crippen LogP contribution in [0.5, 0.6) is 0 Å². The van der Waals surface area contributed by atoms with Gasteiger partial charge in [-0.05, 0) is 29.7 Å². The molecule has 108 valence electrons. The van der Waals surface area contributed by atoms with Crippen molar-refractivity contribution in [3.8, 4) is 5.69 Å². The molecule has 3 aromatic rings. The van der Waals surface area contributed by atoms with Crippen molar-refractivity contribution < 1.29 is 4.74 Å². The summed E-state index contributed by atoms with van der Waals surface area (Å²) in [5.41, 5.74) is 3.39. The van der Waals surface area contributed by atoms with E-state index in [1.807, 2.05) is 23.0 Å². The minimum atomic E-state index is 0.569. The predicted molar refractivity (Wildman–Crippen MR) is 85.6 cm³/mol. The van der Waals surface area contributed by atoms with E-state index in [9.17, 15) is 0 Å². The third-order valence-corrected chi connectivity index (χ3v) is 3.38. The van der Waals surface area contributed by atoms with E-state index in [1.54, 1.807) is 0 Å². The standard InChI is InChI=1S/C18H20N2O/c1-14(2)12-21-13-15-7-9-17(10-8-15)20-18-6-4-3-5-16(18)11-19-20/h3-11,14H,12-13H2,1-2H3. The van der Waals surface area contributed by atoms with Crippen LogP contribution in [0.15, 0.2) is 54.7 Å². The molecule has 0 spiro atoms. The zero-order valence-corrected chi connectivity index (χ0v) is 12.5. The van der Waals surface area contributed by atoms with Gasteiger partial charge in [0.25, 0.3) is 0 Å². The lowest BCUT2D eigenvalue weighted by Gasteiger charge is -2.08. The van der Waals surface area contributed by atoms with E-state index < -0.39 is 0 Å². The third kappa shape index (κ3) is 3.14. The highest BCUT2D eigenvalue weighted by atomic mass is 16.5. The number of hydrogen-bond acceptors (Lipinski definition) is 2. The number of nitrogens with zero attached hydrogens (tertiary/aromatic N) is 2. The maximum atomic E-state index is 5.66. The summed E-state index contributed by atoms with van der Waals surface area (Å²) in [6.45, 7) is 5.78. The zero-order valence-electron chi connectivity index (χ0n) is 12.5. The van der Waals surface area contributed by atoms with Crippen LogP contribution in [0.1, 0.15) is 19.4 Å². The summed E-state index contributed by atoms with van der Waals surface area (Å²) in [5, 5.41) is 5.62. The van der Waals surface area contributed by atoms with Gasteiger partial charge in [0.15, 0.2) is 0 Å². The number of rotatable bonds is 5. The van der Waals surface area contributed by atoms with Gasteiger partial charge in [-0.2, -0.15) is 5.10 Å². The molecule has 3 heteroatoms. The molecule has 0 saturated carbocycles. The largest absolute Gasteiger partial charge is 0.377 e. The number of para-hydroxylation sites is 1. The van der Waals surface area contributed by atoms with Gasteiger partial charge >= 0.3 is 0 Å². The van der Waals surface area contributed by atoms with Crippen molar-refractivity contribution in [1.29, 1.82) is 0 Å². The molecule has 1 aromatic heterocycles. The quantitative estimate of drug-likeness (QED) is 0.700. The Labute approximate surface area is 125 Å². The molecule has 0 aliphatic heterocycles. The van der Waals surface area contributed by atoms with Gasteiger partial charge in [0.2, 0.25) is 0 Å². The highest BCUT2D eigenvalue weighted by molar-refractivity contribution is 5.80. The molecule has 0 bridgehead atoms. The van der Waals surface area contributed by atoms with Crippen molar-refractivity contribution in [2.75, 3.05) is 6.61 Å². The van der Waals surface area contributed by atoms with Crippen LogP contribution in [0.25, 0.3) is 16.6 Å². The van der Waals surface area contributed by atoms with Crippen molar-refractivity contribution in [1.82, 2.24) is 9.78 Å². The van der Waals surface area contributed by atoms with E-state index >= 15 is 0 Å². The molecule has 0 amide bonds. The Balaban J connectivity index is 1.78. The first-order chi connectivity index (χ1) is 10.2. The first-order valence-corrected chi connectivity index (χ1v) is 7.34. The maximum absolute atomic E-state index is 5.66. The second-order valence-electron chi connectivity index (χ2n) is 5.69. The van der Waals surface area contributed by atoms with Crippen molar-refractivity contribution >= 4 is 10.9 Å². The SMILES string of the molecule is CC(C)COCc1ccc(-n2ncc3ccccc32)cc1. The van der Waals surface area contributed by atoms with Gasteiger partial charge in [0, 0.05) is 12.0 Å². The van der Waals surface area contributed by atoms with Crippen LogP contribution in [-0.2, 0) is 11.3 Å². The molecule has 2 aromatic carbocycles. The van der Waals surface area contributed by atoms with Crippen LogP contribution in [0.3, 0.4) is 0 Å². The Morgan fingerprint density at radius 1 is 1.05 bits per heavy atom. The van der Waals surface area contributed by atoms with Gasteiger partial charge in [0.1, 0.15) is 0 Å². The van der Waals surface area contributed by atoms with Gasteiger partial charge in [-0.15, -0.1) is 0 Å². The fourth-order valence-electron chi connectivity index (χ4n) is 2.32. The van der Waals surface area contributed by atoms with Crippen molar-refractivity contribution in [3.63, 3.8) is 0 Å². The van der Waals surface area contributed by atoms with Gasteiger partial charge in [0.05, 0.1) is 24.0 Å².